The number of benzene rings is 1. The summed E-state index contributed by atoms with van der Waals surface area (Å²) < 4.78 is 1.30. The lowest BCUT2D eigenvalue weighted by molar-refractivity contribution is 0.876. The van der Waals surface area contributed by atoms with Crippen LogP contribution >= 0.6 is 0 Å². The third-order valence-corrected chi connectivity index (χ3v) is 1.78. The standard InChI is InChI=1S/C9H7N7/c10-15-14-9-13-11-7-16(9)12-6-8-4-2-1-3-5-8/h1-7H/b12-6-. The molecule has 2 aromatic rings. The Balaban J connectivity index is 2.24. The van der Waals surface area contributed by atoms with E-state index in [0.717, 1.165) is 5.56 Å². The number of hydrogen-bond donors (Lipinski definition) is 0. The van der Waals surface area contributed by atoms with Gasteiger partial charge in [0.15, 0.2) is 0 Å². The number of aromatic nitrogens is 3. The van der Waals surface area contributed by atoms with Crippen molar-refractivity contribution >= 4 is 12.2 Å². The normalized spacial score (nSPS) is 10.2. The van der Waals surface area contributed by atoms with E-state index in [2.05, 4.69) is 25.3 Å². The summed E-state index contributed by atoms with van der Waals surface area (Å²) in [7, 11) is 0. The molecule has 7 heteroatoms. The number of hydrogen-bond acceptors (Lipinski definition) is 4. The zero-order valence-corrected chi connectivity index (χ0v) is 8.17. The molecule has 78 valence electrons. The average Bonchev–Trinajstić information content (AvgIpc) is 2.76. The van der Waals surface area contributed by atoms with Gasteiger partial charge in [0.05, 0.1) is 6.21 Å². The lowest BCUT2D eigenvalue weighted by atomic mass is 10.2. The Kier molecular flexibility index (Phi) is 2.91. The van der Waals surface area contributed by atoms with Gasteiger partial charge in [-0.25, -0.2) is 0 Å². The summed E-state index contributed by atoms with van der Waals surface area (Å²) in [5, 5.41) is 14.6. The largest absolute Gasteiger partial charge is 0.241 e. The molecule has 0 aliphatic carbocycles. The molecule has 1 aromatic heterocycles. The van der Waals surface area contributed by atoms with E-state index in [1.54, 1.807) is 6.21 Å². The van der Waals surface area contributed by atoms with Gasteiger partial charge < -0.3 is 0 Å². The van der Waals surface area contributed by atoms with E-state index in [4.69, 9.17) is 5.53 Å². The van der Waals surface area contributed by atoms with Gasteiger partial charge in [-0.1, -0.05) is 30.3 Å². The molecule has 0 unspecified atom stereocenters. The van der Waals surface area contributed by atoms with Crippen molar-refractivity contribution in [1.29, 1.82) is 0 Å². The highest BCUT2D eigenvalue weighted by Crippen LogP contribution is 2.06. The highest BCUT2D eigenvalue weighted by molar-refractivity contribution is 5.79. The molecule has 0 aliphatic heterocycles. The molecular formula is C9H7N7. The average molecular weight is 213 g/mol. The molecule has 7 nitrogen and oxygen atoms in total. The summed E-state index contributed by atoms with van der Waals surface area (Å²) in [6.45, 7) is 0. The van der Waals surface area contributed by atoms with E-state index in [1.165, 1.54) is 11.0 Å². The fourth-order valence-electron chi connectivity index (χ4n) is 1.08. The van der Waals surface area contributed by atoms with Gasteiger partial charge in [-0.3, -0.25) is 0 Å². The predicted molar refractivity (Wildman–Crippen MR) is 58.3 cm³/mol. The monoisotopic (exact) mass is 213 g/mol. The Labute approximate surface area is 90.7 Å². The van der Waals surface area contributed by atoms with Crippen LogP contribution < -0.4 is 0 Å². The first-order chi connectivity index (χ1) is 7.90. The van der Waals surface area contributed by atoms with Crippen molar-refractivity contribution in [2.75, 3.05) is 0 Å². The lowest BCUT2D eigenvalue weighted by Gasteiger charge is -1.93. The summed E-state index contributed by atoms with van der Waals surface area (Å²) in [5.74, 6) is 0.106. The molecule has 16 heavy (non-hydrogen) atoms. The van der Waals surface area contributed by atoms with E-state index in [1.807, 2.05) is 30.3 Å². The van der Waals surface area contributed by atoms with Crippen molar-refractivity contribution in [3.05, 3.63) is 52.7 Å². The molecule has 0 fully saturated rings. The summed E-state index contributed by atoms with van der Waals surface area (Å²) in [5.41, 5.74) is 9.21. The summed E-state index contributed by atoms with van der Waals surface area (Å²) in [6.07, 6.45) is 2.99. The maximum Gasteiger partial charge on any atom is 0.241 e. The molecule has 1 aromatic carbocycles. The quantitative estimate of drug-likeness (QED) is 0.338. The maximum atomic E-state index is 8.27. The molecular weight excluding hydrogens is 206 g/mol. The summed E-state index contributed by atoms with van der Waals surface area (Å²) >= 11 is 0. The zero-order valence-electron chi connectivity index (χ0n) is 8.17. The van der Waals surface area contributed by atoms with Gasteiger partial charge in [-0.05, 0) is 16.2 Å². The SMILES string of the molecule is [N-]=[N+]=Nc1nncn1/N=C\c1ccccc1. The Morgan fingerprint density at radius 2 is 2.12 bits per heavy atom. The van der Waals surface area contributed by atoms with Crippen LogP contribution in [0.25, 0.3) is 10.4 Å². The van der Waals surface area contributed by atoms with Crippen molar-refractivity contribution in [2.45, 2.75) is 0 Å². The van der Waals surface area contributed by atoms with E-state index in [0.29, 0.717) is 0 Å². The van der Waals surface area contributed by atoms with Crippen molar-refractivity contribution in [3.63, 3.8) is 0 Å². The van der Waals surface area contributed by atoms with Crippen molar-refractivity contribution < 1.29 is 0 Å². The first-order valence-electron chi connectivity index (χ1n) is 4.44. The third-order valence-electron chi connectivity index (χ3n) is 1.78. The molecule has 0 atom stereocenters. The molecule has 0 saturated heterocycles. The van der Waals surface area contributed by atoms with Crippen molar-refractivity contribution in [1.82, 2.24) is 14.9 Å². The lowest BCUT2D eigenvalue weighted by Crippen LogP contribution is -1.88. The van der Waals surface area contributed by atoms with E-state index in [-0.39, 0.29) is 5.95 Å². The molecule has 2 rings (SSSR count). The van der Waals surface area contributed by atoms with Crippen LogP contribution in [0, 0.1) is 0 Å². The smallest absolute Gasteiger partial charge is 0.198 e. The van der Waals surface area contributed by atoms with Gasteiger partial charge in [0.2, 0.25) is 5.95 Å². The van der Waals surface area contributed by atoms with Gasteiger partial charge in [-0.15, -0.1) is 10.2 Å². The number of nitrogens with zero attached hydrogens (tertiary/aromatic N) is 7. The highest BCUT2D eigenvalue weighted by atomic mass is 15.5. The van der Waals surface area contributed by atoms with Crippen LogP contribution in [0.15, 0.2) is 46.9 Å². The van der Waals surface area contributed by atoms with Crippen LogP contribution in [0.1, 0.15) is 5.56 Å². The van der Waals surface area contributed by atoms with Crippen LogP contribution in [-0.4, -0.2) is 21.1 Å². The summed E-state index contributed by atoms with van der Waals surface area (Å²) in [6, 6.07) is 9.54. The maximum absolute atomic E-state index is 8.27. The van der Waals surface area contributed by atoms with Crippen molar-refractivity contribution in [3.8, 4) is 0 Å². The van der Waals surface area contributed by atoms with Gasteiger partial charge in [0, 0.05) is 4.91 Å². The van der Waals surface area contributed by atoms with Gasteiger partial charge in [0.1, 0.15) is 6.33 Å². The highest BCUT2D eigenvalue weighted by Gasteiger charge is 1.97. The minimum atomic E-state index is 0.106. The fraction of sp³-hybridized carbons (Fsp3) is 0. The van der Waals surface area contributed by atoms with Crippen LogP contribution in [0.5, 0.6) is 0 Å². The second-order valence-electron chi connectivity index (χ2n) is 2.82. The Morgan fingerprint density at radius 1 is 1.31 bits per heavy atom. The minimum absolute atomic E-state index is 0.106. The van der Waals surface area contributed by atoms with E-state index < -0.39 is 0 Å². The van der Waals surface area contributed by atoms with E-state index in [9.17, 15) is 0 Å². The van der Waals surface area contributed by atoms with Gasteiger partial charge in [-0.2, -0.15) is 9.78 Å². The molecule has 0 spiro atoms. The first kappa shape index (κ1) is 9.88. The molecule has 0 N–H and O–H groups in total. The van der Waals surface area contributed by atoms with Crippen LogP contribution in [0.4, 0.5) is 5.95 Å². The minimum Gasteiger partial charge on any atom is -0.198 e. The molecule has 0 radical (unpaired) electrons. The third kappa shape index (κ3) is 2.23. The van der Waals surface area contributed by atoms with E-state index >= 15 is 0 Å². The van der Waals surface area contributed by atoms with Gasteiger partial charge in [0.25, 0.3) is 0 Å². The van der Waals surface area contributed by atoms with Crippen LogP contribution in [-0.2, 0) is 0 Å². The predicted octanol–water partition coefficient (Wildman–Crippen LogP) is 2.10. The number of azide groups is 1. The molecule has 0 saturated carbocycles. The van der Waals surface area contributed by atoms with Gasteiger partial charge >= 0.3 is 0 Å². The topological polar surface area (TPSA) is 91.8 Å². The first-order valence-corrected chi connectivity index (χ1v) is 4.44. The summed E-state index contributed by atoms with van der Waals surface area (Å²) in [4.78, 5) is 2.62. The Bertz CT molecular complexity index is 536. The fourth-order valence-corrected chi connectivity index (χ4v) is 1.08. The van der Waals surface area contributed by atoms with Crippen molar-refractivity contribution in [2.24, 2.45) is 10.2 Å². The molecule has 0 bridgehead atoms. The van der Waals surface area contributed by atoms with Crippen LogP contribution in [0.2, 0.25) is 0 Å². The Morgan fingerprint density at radius 3 is 2.88 bits per heavy atom. The molecule has 1 heterocycles. The second kappa shape index (κ2) is 4.72. The zero-order chi connectivity index (χ0) is 11.2. The molecule has 0 amide bonds. The Hall–Kier alpha value is -2.66. The second-order valence-corrected chi connectivity index (χ2v) is 2.82. The molecule has 0 aliphatic rings. The number of rotatable bonds is 3. The van der Waals surface area contributed by atoms with Crippen LogP contribution in [0.3, 0.4) is 0 Å².